The highest BCUT2D eigenvalue weighted by atomic mass is 16.4. The molecule has 0 spiro atoms. The molecule has 122 valence electrons. The first-order chi connectivity index (χ1) is 11.6. The van der Waals surface area contributed by atoms with Crippen LogP contribution in [-0.2, 0) is 6.54 Å². The monoisotopic (exact) mass is 325 g/mol. The Morgan fingerprint density at radius 2 is 1.96 bits per heavy atom. The lowest BCUT2D eigenvalue weighted by atomic mass is 10.2. The summed E-state index contributed by atoms with van der Waals surface area (Å²) in [6.07, 6.45) is 2.99. The minimum Gasteiger partial charge on any atom is -0.478 e. The van der Waals surface area contributed by atoms with Crippen molar-refractivity contribution >= 4 is 11.9 Å². The highest BCUT2D eigenvalue weighted by Crippen LogP contribution is 2.13. The van der Waals surface area contributed by atoms with Gasteiger partial charge < -0.3 is 14.8 Å². The van der Waals surface area contributed by atoms with Crippen LogP contribution in [-0.4, -0.2) is 26.8 Å². The van der Waals surface area contributed by atoms with E-state index < -0.39 is 5.97 Å². The molecule has 7 nitrogen and oxygen atoms in total. The van der Waals surface area contributed by atoms with Gasteiger partial charge in [0.15, 0.2) is 0 Å². The third kappa shape index (κ3) is 3.05. The van der Waals surface area contributed by atoms with Crippen molar-refractivity contribution in [2.24, 2.45) is 0 Å². The molecule has 0 saturated heterocycles. The second kappa shape index (κ2) is 6.41. The van der Waals surface area contributed by atoms with E-state index in [1.807, 2.05) is 13.0 Å². The molecule has 2 heterocycles. The van der Waals surface area contributed by atoms with Crippen LogP contribution in [0, 0.1) is 6.92 Å². The molecule has 2 N–H and O–H groups in total. The minimum absolute atomic E-state index is 0.00742. The fourth-order valence-electron chi connectivity index (χ4n) is 2.32. The number of carbonyl (C=O) groups excluding carboxylic acids is 1. The number of aryl methyl sites for hydroxylation is 1. The topological polar surface area (TPSA) is 97.4 Å². The standard InChI is InChI=1S/C17H15N3O4/c1-11-6-8-19-20(11)13-4-2-12(3-5-13)16(21)18-10-15-14(17(22)23)7-9-24-15/h2-9H,10H2,1H3,(H,18,21)(H,22,23). The van der Waals surface area contributed by atoms with E-state index in [0.29, 0.717) is 5.56 Å². The molecule has 0 aliphatic heterocycles. The Hall–Kier alpha value is -3.35. The average molecular weight is 325 g/mol. The molecule has 0 saturated carbocycles. The minimum atomic E-state index is -1.09. The van der Waals surface area contributed by atoms with Crippen LogP contribution in [0.2, 0.25) is 0 Å². The molecule has 7 heteroatoms. The highest BCUT2D eigenvalue weighted by molar-refractivity contribution is 5.94. The maximum Gasteiger partial charge on any atom is 0.339 e. The summed E-state index contributed by atoms with van der Waals surface area (Å²) in [7, 11) is 0. The zero-order valence-electron chi connectivity index (χ0n) is 12.9. The number of carboxylic acid groups (broad SMARTS) is 1. The van der Waals surface area contributed by atoms with Crippen molar-refractivity contribution in [3.8, 4) is 5.69 Å². The summed E-state index contributed by atoms with van der Waals surface area (Å²) < 4.78 is 6.85. The lowest BCUT2D eigenvalue weighted by Gasteiger charge is -2.07. The number of hydrogen-bond donors (Lipinski definition) is 2. The van der Waals surface area contributed by atoms with E-state index in [1.54, 1.807) is 35.1 Å². The molecular weight excluding hydrogens is 310 g/mol. The van der Waals surface area contributed by atoms with Crippen molar-refractivity contribution in [2.75, 3.05) is 0 Å². The Morgan fingerprint density at radius 1 is 1.21 bits per heavy atom. The predicted molar refractivity (Wildman–Crippen MR) is 85.1 cm³/mol. The van der Waals surface area contributed by atoms with Gasteiger partial charge in [-0.3, -0.25) is 4.79 Å². The zero-order valence-corrected chi connectivity index (χ0v) is 12.9. The largest absolute Gasteiger partial charge is 0.478 e. The van der Waals surface area contributed by atoms with Crippen molar-refractivity contribution in [3.63, 3.8) is 0 Å². The van der Waals surface area contributed by atoms with Crippen LogP contribution in [0.25, 0.3) is 5.69 Å². The Kier molecular flexibility index (Phi) is 4.15. The van der Waals surface area contributed by atoms with Crippen LogP contribution in [0.4, 0.5) is 0 Å². The number of aromatic nitrogens is 2. The van der Waals surface area contributed by atoms with Gasteiger partial charge in [0.1, 0.15) is 11.3 Å². The Bertz CT molecular complexity index is 877. The first-order valence-corrected chi connectivity index (χ1v) is 7.25. The van der Waals surface area contributed by atoms with Gasteiger partial charge in [0, 0.05) is 17.5 Å². The van der Waals surface area contributed by atoms with E-state index >= 15 is 0 Å². The van der Waals surface area contributed by atoms with Crippen LogP contribution < -0.4 is 5.32 Å². The third-order valence-corrected chi connectivity index (χ3v) is 3.59. The van der Waals surface area contributed by atoms with Gasteiger partial charge in [0.2, 0.25) is 0 Å². The van der Waals surface area contributed by atoms with Crippen LogP contribution in [0.15, 0.2) is 53.3 Å². The Morgan fingerprint density at radius 3 is 2.58 bits per heavy atom. The predicted octanol–water partition coefficient (Wildman–Crippen LogP) is 2.40. The lowest BCUT2D eigenvalue weighted by molar-refractivity contribution is 0.0693. The van der Waals surface area contributed by atoms with Crippen LogP contribution >= 0.6 is 0 Å². The van der Waals surface area contributed by atoms with Crippen LogP contribution in [0.3, 0.4) is 0 Å². The first-order valence-electron chi connectivity index (χ1n) is 7.25. The maximum atomic E-state index is 12.2. The number of nitrogens with zero attached hydrogens (tertiary/aromatic N) is 2. The quantitative estimate of drug-likeness (QED) is 0.751. The Labute approximate surface area is 137 Å². The van der Waals surface area contributed by atoms with Gasteiger partial charge in [-0.15, -0.1) is 0 Å². The van der Waals surface area contributed by atoms with Crippen LogP contribution in [0.5, 0.6) is 0 Å². The van der Waals surface area contributed by atoms with E-state index in [4.69, 9.17) is 9.52 Å². The van der Waals surface area contributed by atoms with Crippen molar-refractivity contribution < 1.29 is 19.1 Å². The van der Waals surface area contributed by atoms with Crippen molar-refractivity contribution in [1.29, 1.82) is 0 Å². The molecule has 0 aliphatic carbocycles. The van der Waals surface area contributed by atoms with Crippen molar-refractivity contribution in [1.82, 2.24) is 15.1 Å². The number of carbonyl (C=O) groups is 2. The summed E-state index contributed by atoms with van der Waals surface area (Å²) in [6, 6.07) is 10.2. The van der Waals surface area contributed by atoms with Crippen molar-refractivity contribution in [2.45, 2.75) is 13.5 Å². The fraction of sp³-hybridized carbons (Fsp3) is 0.118. The van der Waals surface area contributed by atoms with E-state index in [1.165, 1.54) is 12.3 Å². The molecule has 0 atom stereocenters. The molecule has 1 amide bonds. The summed E-state index contributed by atoms with van der Waals surface area (Å²) >= 11 is 0. The molecule has 1 aromatic carbocycles. The van der Waals surface area contributed by atoms with Gasteiger partial charge >= 0.3 is 5.97 Å². The maximum absolute atomic E-state index is 12.2. The van der Waals surface area contributed by atoms with Gasteiger partial charge in [-0.2, -0.15) is 5.10 Å². The smallest absolute Gasteiger partial charge is 0.339 e. The SMILES string of the molecule is Cc1ccnn1-c1ccc(C(=O)NCc2occc2C(=O)O)cc1. The second-order valence-electron chi connectivity index (χ2n) is 5.18. The highest BCUT2D eigenvalue weighted by Gasteiger charge is 2.14. The number of hydrogen-bond acceptors (Lipinski definition) is 4. The summed E-state index contributed by atoms with van der Waals surface area (Å²) in [6.45, 7) is 1.95. The number of amides is 1. The molecule has 24 heavy (non-hydrogen) atoms. The molecule has 3 aromatic rings. The molecule has 0 radical (unpaired) electrons. The number of furan rings is 1. The zero-order chi connectivity index (χ0) is 17.1. The van der Waals surface area contributed by atoms with Gasteiger partial charge in [0.05, 0.1) is 18.5 Å². The van der Waals surface area contributed by atoms with E-state index in [9.17, 15) is 9.59 Å². The number of aromatic carboxylic acids is 1. The van der Waals surface area contributed by atoms with Crippen LogP contribution in [0.1, 0.15) is 32.2 Å². The summed E-state index contributed by atoms with van der Waals surface area (Å²) in [5.74, 6) is -1.20. The molecule has 0 aliphatic rings. The Balaban J connectivity index is 1.68. The molecule has 2 aromatic heterocycles. The molecule has 3 rings (SSSR count). The van der Waals surface area contributed by atoms with Gasteiger partial charge in [-0.25, -0.2) is 9.48 Å². The third-order valence-electron chi connectivity index (χ3n) is 3.59. The number of nitrogens with one attached hydrogen (secondary N) is 1. The molecule has 0 unspecified atom stereocenters. The molecular formula is C17H15N3O4. The number of benzene rings is 1. The average Bonchev–Trinajstić information content (AvgIpc) is 3.21. The van der Waals surface area contributed by atoms with E-state index in [-0.39, 0.29) is 23.8 Å². The fourth-order valence-corrected chi connectivity index (χ4v) is 2.32. The van der Waals surface area contributed by atoms with Gasteiger partial charge in [0.25, 0.3) is 5.91 Å². The lowest BCUT2D eigenvalue weighted by Crippen LogP contribution is -2.23. The van der Waals surface area contributed by atoms with E-state index in [2.05, 4.69) is 10.4 Å². The summed E-state index contributed by atoms with van der Waals surface area (Å²) in [4.78, 5) is 23.2. The number of rotatable bonds is 5. The van der Waals surface area contributed by atoms with Crippen molar-refractivity contribution in [3.05, 3.63) is 71.4 Å². The van der Waals surface area contributed by atoms with E-state index in [0.717, 1.165) is 11.4 Å². The number of carboxylic acids is 1. The van der Waals surface area contributed by atoms with Gasteiger partial charge in [-0.05, 0) is 43.3 Å². The summed E-state index contributed by atoms with van der Waals surface area (Å²) in [5, 5.41) is 15.8. The second-order valence-corrected chi connectivity index (χ2v) is 5.18. The first kappa shape index (κ1) is 15.5. The summed E-state index contributed by atoms with van der Waals surface area (Å²) in [5.41, 5.74) is 2.35. The van der Waals surface area contributed by atoms with Gasteiger partial charge in [-0.1, -0.05) is 0 Å². The normalized spacial score (nSPS) is 10.5. The molecule has 0 fully saturated rings. The molecule has 0 bridgehead atoms.